The van der Waals surface area contributed by atoms with Crippen LogP contribution in [0.15, 0.2) is 0 Å². The van der Waals surface area contributed by atoms with Crippen molar-refractivity contribution in [3.05, 3.63) is 13.8 Å². The third-order valence-corrected chi connectivity index (χ3v) is 10.9. The molecule has 50 heavy (non-hydrogen) atoms. The summed E-state index contributed by atoms with van der Waals surface area (Å²) in [5.74, 6) is 4.22. The summed E-state index contributed by atoms with van der Waals surface area (Å²) >= 11 is 0.750. The van der Waals surface area contributed by atoms with Gasteiger partial charge in [-0.2, -0.15) is 11.8 Å². The summed E-state index contributed by atoms with van der Waals surface area (Å²) in [6.07, 6.45) is 26.1. The molecule has 0 aromatic rings. The van der Waals surface area contributed by atoms with Crippen LogP contribution >= 0.6 is 0 Å². The summed E-state index contributed by atoms with van der Waals surface area (Å²) in [6, 6.07) is 0. The number of unbranched alkanes of at least 4 members (excludes halogenated alkanes) is 4. The number of hydrogen-bond donors (Lipinski definition) is 2. The number of rotatable bonds is 26. The van der Waals surface area contributed by atoms with Crippen LogP contribution in [-0.2, 0) is 33.5 Å². The van der Waals surface area contributed by atoms with Gasteiger partial charge in [0.15, 0.2) is 0 Å². The quantitative estimate of drug-likeness (QED) is 0.0398. The van der Waals surface area contributed by atoms with Gasteiger partial charge in [-0.3, -0.25) is 10.5 Å². The molecule has 4 unspecified atom stereocenters. The Balaban J connectivity index is -0.000000195. The molecule has 0 bridgehead atoms. The summed E-state index contributed by atoms with van der Waals surface area (Å²) in [6.45, 7) is 38.0. The molecule has 0 saturated carbocycles. The molecule has 6 heteroatoms. The predicted molar refractivity (Wildman–Crippen MR) is 217 cm³/mol. The molecule has 0 fully saturated rings. The zero-order valence-electron chi connectivity index (χ0n) is 36.5. The zero-order valence-corrected chi connectivity index (χ0v) is 38.0. The molecule has 5 nitrogen and oxygen atoms in total. The Hall–Kier alpha value is 0.354. The van der Waals surface area contributed by atoms with Crippen molar-refractivity contribution in [1.82, 2.24) is 0 Å². The standard InChI is InChI=1S/C21H44.2C8H17.C7H16O4.O.Ti/c1-8-12-14-18(10-3)16-20(21(5,6)7)17-19(11-4)15-13-9-2;2*1-4-6-7-8(3)5-2;1-3-7(4-2,5-10-8)6-11-9;;/h18-20H,8-17H2,1-7H3;2*8H,3-7H2,1-2H3;8-9H,3-6H2,1-2H3;;/q;2*-1;;;+2. The molecular weight excluding hydrogens is 656 g/mol. The van der Waals surface area contributed by atoms with Gasteiger partial charge in [-0.1, -0.05) is 193 Å². The minimum absolute atomic E-state index is 0.195. The molecule has 0 aliphatic carbocycles. The van der Waals surface area contributed by atoms with Crippen molar-refractivity contribution in [3.63, 3.8) is 0 Å². The van der Waals surface area contributed by atoms with Gasteiger partial charge in [0, 0.05) is 5.41 Å². The van der Waals surface area contributed by atoms with Crippen LogP contribution in [0, 0.1) is 54.3 Å². The van der Waals surface area contributed by atoms with E-state index in [4.69, 9.17) is 13.8 Å². The maximum atomic E-state index is 8.25. The van der Waals surface area contributed by atoms with Gasteiger partial charge in [0.05, 0.1) is 13.2 Å². The van der Waals surface area contributed by atoms with Gasteiger partial charge in [0.2, 0.25) is 0 Å². The third-order valence-electron chi connectivity index (χ3n) is 10.9. The fourth-order valence-corrected chi connectivity index (χ4v) is 5.94. The van der Waals surface area contributed by atoms with E-state index in [2.05, 4.69) is 99.8 Å². The van der Waals surface area contributed by atoms with Crippen LogP contribution in [0.1, 0.15) is 218 Å². The number of hydrogen-bond acceptors (Lipinski definition) is 5. The third kappa shape index (κ3) is 39.6. The van der Waals surface area contributed by atoms with Gasteiger partial charge in [0.1, 0.15) is 0 Å². The summed E-state index contributed by atoms with van der Waals surface area (Å²) in [5, 5.41) is 16.5. The van der Waals surface area contributed by atoms with Crippen molar-refractivity contribution in [1.29, 1.82) is 0 Å². The van der Waals surface area contributed by atoms with Crippen molar-refractivity contribution in [3.8, 4) is 0 Å². The maximum absolute atomic E-state index is 8.25. The first-order valence-corrected chi connectivity index (χ1v) is 21.8. The second-order valence-electron chi connectivity index (χ2n) is 16.0. The van der Waals surface area contributed by atoms with E-state index in [0.717, 1.165) is 51.0 Å². The average Bonchev–Trinajstić information content (AvgIpc) is 3.13. The van der Waals surface area contributed by atoms with Gasteiger partial charge in [-0.25, -0.2) is 9.78 Å². The second-order valence-corrected chi connectivity index (χ2v) is 16.0. The summed E-state index contributed by atoms with van der Waals surface area (Å²) in [5.41, 5.74) is 0.211. The van der Waals surface area contributed by atoms with Gasteiger partial charge >= 0.3 is 23.7 Å². The predicted octanol–water partition coefficient (Wildman–Crippen LogP) is 15.6. The molecule has 0 saturated heterocycles. The molecule has 304 valence electrons. The molecule has 2 N–H and O–H groups in total. The SMILES string of the molecule is CCC(CC)(COO)COO.CCCCC(CC)CC(CC(CC)CCCC)C(C)(C)C.[CH2-]C(CC)CCCC.[CH2-]C(CC)CCCC.[O]=[Ti+2]. The first-order chi connectivity index (χ1) is 23.7. The van der Waals surface area contributed by atoms with Crippen molar-refractivity contribution >= 4 is 0 Å². The van der Waals surface area contributed by atoms with Crippen LogP contribution in [0.4, 0.5) is 0 Å². The Morgan fingerprint density at radius 1 is 0.540 bits per heavy atom. The van der Waals surface area contributed by atoms with E-state index >= 15 is 0 Å². The molecule has 0 rings (SSSR count). The normalized spacial score (nSPS) is 14.2. The zero-order chi connectivity index (χ0) is 39.9. The Labute approximate surface area is 328 Å². The van der Waals surface area contributed by atoms with E-state index in [1.165, 1.54) is 116 Å². The molecular formula is C44H94O5Ti. The second kappa shape index (κ2) is 43.8. The fourth-order valence-electron chi connectivity index (χ4n) is 5.94. The molecule has 0 aromatic heterocycles. The van der Waals surface area contributed by atoms with Crippen molar-refractivity contribution in [2.24, 2.45) is 40.4 Å². The van der Waals surface area contributed by atoms with E-state index in [1.54, 1.807) is 0 Å². The molecule has 0 amide bonds. The first-order valence-electron chi connectivity index (χ1n) is 21.1. The molecule has 4 atom stereocenters. The monoisotopic (exact) mass is 751 g/mol. The molecule has 0 spiro atoms. The van der Waals surface area contributed by atoms with Crippen LogP contribution in [0.5, 0.6) is 0 Å². The van der Waals surface area contributed by atoms with Gasteiger partial charge in [-0.05, 0) is 48.9 Å². The summed E-state index contributed by atoms with van der Waals surface area (Å²) in [4.78, 5) is 8.10. The van der Waals surface area contributed by atoms with Crippen molar-refractivity contribution in [2.45, 2.75) is 218 Å². The van der Waals surface area contributed by atoms with E-state index in [9.17, 15) is 0 Å². The van der Waals surface area contributed by atoms with E-state index in [0.29, 0.717) is 17.3 Å². The Bertz CT molecular complexity index is 568. The van der Waals surface area contributed by atoms with Crippen LogP contribution in [0.3, 0.4) is 0 Å². The summed E-state index contributed by atoms with van der Waals surface area (Å²) < 4.78 is 8.25. The minimum atomic E-state index is -0.260. The first kappa shape index (κ1) is 59.6. The van der Waals surface area contributed by atoms with Gasteiger partial charge in [0.25, 0.3) is 0 Å². The molecule has 0 heterocycles. The molecule has 0 aliphatic heterocycles. The average molecular weight is 751 g/mol. The van der Waals surface area contributed by atoms with Crippen LogP contribution in [0.2, 0.25) is 0 Å². The van der Waals surface area contributed by atoms with Crippen LogP contribution in [-0.4, -0.2) is 23.7 Å². The summed E-state index contributed by atoms with van der Waals surface area (Å²) in [7, 11) is 0. The topological polar surface area (TPSA) is 76.0 Å². The van der Waals surface area contributed by atoms with Crippen LogP contribution in [0.25, 0.3) is 0 Å². The van der Waals surface area contributed by atoms with Gasteiger partial charge < -0.3 is 13.8 Å². The van der Waals surface area contributed by atoms with E-state index < -0.39 is 0 Å². The molecule has 0 aromatic carbocycles. The Kier molecular flexibility index (Phi) is 52.2. The Morgan fingerprint density at radius 3 is 1.04 bits per heavy atom. The Morgan fingerprint density at radius 2 is 0.840 bits per heavy atom. The van der Waals surface area contributed by atoms with E-state index in [1.807, 2.05) is 13.8 Å². The van der Waals surface area contributed by atoms with Crippen LogP contribution < -0.4 is 0 Å². The van der Waals surface area contributed by atoms with Crippen molar-refractivity contribution in [2.75, 3.05) is 13.2 Å². The van der Waals surface area contributed by atoms with E-state index in [-0.39, 0.29) is 18.6 Å². The molecule has 0 aliphatic rings. The molecule has 0 radical (unpaired) electrons. The van der Waals surface area contributed by atoms with Gasteiger partial charge in [-0.15, -0.1) is 0 Å². The fraction of sp³-hybridized carbons (Fsp3) is 0.955. The van der Waals surface area contributed by atoms with Crippen molar-refractivity contribution < 1.29 is 44.0 Å².